The zero-order valence-electron chi connectivity index (χ0n) is 15.1. The number of aromatic nitrogens is 2. The minimum Gasteiger partial charge on any atom is -0.497 e. The van der Waals surface area contributed by atoms with Gasteiger partial charge in [0.1, 0.15) is 10.4 Å². The molecule has 0 N–H and O–H groups in total. The summed E-state index contributed by atoms with van der Waals surface area (Å²) in [7, 11) is 1.64. The third kappa shape index (κ3) is 4.09. The molecule has 0 aliphatic carbocycles. The Kier molecular flexibility index (Phi) is 5.71. The van der Waals surface area contributed by atoms with Crippen molar-refractivity contribution in [1.29, 1.82) is 0 Å². The fraction of sp³-hybridized carbons (Fsp3) is 0.143. The lowest BCUT2D eigenvalue weighted by Crippen LogP contribution is -2.23. The zero-order valence-corrected chi connectivity index (χ0v) is 17.5. The van der Waals surface area contributed by atoms with Gasteiger partial charge in [0.15, 0.2) is 5.16 Å². The van der Waals surface area contributed by atoms with Gasteiger partial charge in [0.25, 0.3) is 5.56 Å². The molecule has 0 amide bonds. The molecule has 142 valence electrons. The van der Waals surface area contributed by atoms with Crippen LogP contribution in [0, 0.1) is 0 Å². The highest BCUT2D eigenvalue weighted by Crippen LogP contribution is 2.25. The van der Waals surface area contributed by atoms with Crippen LogP contribution in [0.1, 0.15) is 11.1 Å². The minimum absolute atomic E-state index is 0.00516. The Morgan fingerprint density at radius 2 is 1.79 bits per heavy atom. The smallest absolute Gasteiger partial charge is 0.272 e. The predicted octanol–water partition coefficient (Wildman–Crippen LogP) is 5.46. The molecule has 0 saturated carbocycles. The van der Waals surface area contributed by atoms with Gasteiger partial charge in [0.05, 0.1) is 19.2 Å². The molecular weight excluding hydrogens is 412 g/mol. The number of fused-ring (bicyclic) bond motifs is 1. The monoisotopic (exact) mass is 428 g/mol. The van der Waals surface area contributed by atoms with Gasteiger partial charge in [-0.05, 0) is 46.8 Å². The Morgan fingerprint density at radius 1 is 1.07 bits per heavy atom. The second-order valence-corrected chi connectivity index (χ2v) is 8.48. The second-order valence-electron chi connectivity index (χ2n) is 6.18. The molecule has 2 aromatic carbocycles. The molecule has 4 rings (SSSR count). The minimum atomic E-state index is -0.00516. The molecule has 0 fully saturated rings. The van der Waals surface area contributed by atoms with Crippen LogP contribution in [0.4, 0.5) is 0 Å². The lowest BCUT2D eigenvalue weighted by molar-refractivity contribution is 0.414. The van der Waals surface area contributed by atoms with E-state index in [4.69, 9.17) is 21.3 Å². The van der Waals surface area contributed by atoms with E-state index in [0.717, 1.165) is 22.4 Å². The van der Waals surface area contributed by atoms with E-state index in [-0.39, 0.29) is 5.56 Å². The van der Waals surface area contributed by atoms with E-state index in [1.165, 1.54) is 11.3 Å². The summed E-state index contributed by atoms with van der Waals surface area (Å²) in [6, 6.07) is 17.4. The van der Waals surface area contributed by atoms with Crippen molar-refractivity contribution < 1.29 is 4.74 Å². The molecule has 7 heteroatoms. The van der Waals surface area contributed by atoms with Crippen LogP contribution in [0.25, 0.3) is 10.2 Å². The van der Waals surface area contributed by atoms with E-state index < -0.39 is 0 Å². The Bertz CT molecular complexity index is 1150. The molecule has 0 spiro atoms. The van der Waals surface area contributed by atoms with Crippen LogP contribution in [0.2, 0.25) is 5.02 Å². The SMILES string of the molecule is COc1ccc(Cn2c(SCc3ccc(Cl)cc3)nc3ccsc3c2=O)cc1. The van der Waals surface area contributed by atoms with Crippen LogP contribution in [-0.2, 0) is 12.3 Å². The first-order valence-electron chi connectivity index (χ1n) is 8.62. The molecule has 4 nitrogen and oxygen atoms in total. The van der Waals surface area contributed by atoms with Crippen molar-refractivity contribution in [3.63, 3.8) is 0 Å². The third-order valence-corrected chi connectivity index (χ3v) is 6.50. The maximum absolute atomic E-state index is 13.1. The number of thiophene rings is 1. The lowest BCUT2D eigenvalue weighted by Gasteiger charge is -2.12. The lowest BCUT2D eigenvalue weighted by atomic mass is 10.2. The number of nitrogens with zero attached hydrogens (tertiary/aromatic N) is 2. The van der Waals surface area contributed by atoms with E-state index in [1.807, 2.05) is 60.0 Å². The number of hydrogen-bond donors (Lipinski definition) is 0. The van der Waals surface area contributed by atoms with Crippen molar-refractivity contribution in [3.8, 4) is 5.75 Å². The summed E-state index contributed by atoms with van der Waals surface area (Å²) in [5.41, 5.74) is 2.90. The maximum atomic E-state index is 13.1. The maximum Gasteiger partial charge on any atom is 0.272 e. The van der Waals surface area contributed by atoms with Gasteiger partial charge < -0.3 is 4.74 Å². The van der Waals surface area contributed by atoms with Crippen LogP contribution in [0.15, 0.2) is 69.9 Å². The van der Waals surface area contributed by atoms with E-state index in [0.29, 0.717) is 27.2 Å². The van der Waals surface area contributed by atoms with Crippen molar-refractivity contribution in [2.45, 2.75) is 17.5 Å². The Balaban J connectivity index is 1.68. The average molecular weight is 429 g/mol. The first-order valence-corrected chi connectivity index (χ1v) is 10.9. The molecule has 0 atom stereocenters. The third-order valence-electron chi connectivity index (χ3n) is 4.31. The first kappa shape index (κ1) is 19.1. The molecule has 0 unspecified atom stereocenters. The number of halogens is 1. The van der Waals surface area contributed by atoms with E-state index >= 15 is 0 Å². The molecule has 0 aliphatic heterocycles. The van der Waals surface area contributed by atoms with Crippen molar-refractivity contribution in [2.75, 3.05) is 7.11 Å². The summed E-state index contributed by atoms with van der Waals surface area (Å²) in [5, 5.41) is 3.33. The van der Waals surface area contributed by atoms with Crippen LogP contribution in [0.3, 0.4) is 0 Å². The number of rotatable bonds is 6. The highest BCUT2D eigenvalue weighted by Gasteiger charge is 2.13. The highest BCUT2D eigenvalue weighted by molar-refractivity contribution is 7.98. The van der Waals surface area contributed by atoms with Gasteiger partial charge in [-0.3, -0.25) is 9.36 Å². The predicted molar refractivity (Wildman–Crippen MR) is 117 cm³/mol. The van der Waals surface area contributed by atoms with Crippen LogP contribution in [-0.4, -0.2) is 16.7 Å². The van der Waals surface area contributed by atoms with Gasteiger partial charge in [-0.25, -0.2) is 4.98 Å². The number of ether oxygens (including phenoxy) is 1. The molecule has 0 radical (unpaired) electrons. The van der Waals surface area contributed by atoms with Crippen molar-refractivity contribution in [1.82, 2.24) is 9.55 Å². The number of thioether (sulfide) groups is 1. The van der Waals surface area contributed by atoms with Gasteiger partial charge in [-0.2, -0.15) is 0 Å². The van der Waals surface area contributed by atoms with Crippen LogP contribution >= 0.6 is 34.7 Å². The summed E-state index contributed by atoms with van der Waals surface area (Å²) in [6.45, 7) is 0.465. The summed E-state index contributed by atoms with van der Waals surface area (Å²) < 4.78 is 7.65. The summed E-state index contributed by atoms with van der Waals surface area (Å²) in [4.78, 5) is 17.8. The number of methoxy groups -OCH3 is 1. The fourth-order valence-corrected chi connectivity index (χ4v) is 4.67. The van der Waals surface area contributed by atoms with Gasteiger partial charge >= 0.3 is 0 Å². The Hall–Kier alpha value is -2.28. The van der Waals surface area contributed by atoms with Crippen LogP contribution in [0.5, 0.6) is 5.75 Å². The molecule has 2 heterocycles. The Labute approximate surface area is 175 Å². The van der Waals surface area contributed by atoms with E-state index in [1.54, 1.807) is 23.4 Å². The fourth-order valence-electron chi connectivity index (χ4n) is 2.82. The molecular formula is C21H17ClN2O2S2. The zero-order chi connectivity index (χ0) is 19.5. The second kappa shape index (κ2) is 8.39. The van der Waals surface area contributed by atoms with Gasteiger partial charge in [0, 0.05) is 10.8 Å². The largest absolute Gasteiger partial charge is 0.497 e. The average Bonchev–Trinajstić information content (AvgIpc) is 3.19. The molecule has 0 bridgehead atoms. The molecule has 0 saturated heterocycles. The van der Waals surface area contributed by atoms with Gasteiger partial charge in [-0.1, -0.05) is 47.6 Å². The summed E-state index contributed by atoms with van der Waals surface area (Å²) >= 11 is 8.95. The summed E-state index contributed by atoms with van der Waals surface area (Å²) in [6.07, 6.45) is 0. The molecule has 0 aliphatic rings. The number of hydrogen-bond acceptors (Lipinski definition) is 5. The highest BCUT2D eigenvalue weighted by atomic mass is 35.5. The molecule has 4 aromatic rings. The quantitative estimate of drug-likeness (QED) is 0.302. The molecule has 28 heavy (non-hydrogen) atoms. The van der Waals surface area contributed by atoms with E-state index in [9.17, 15) is 4.79 Å². The molecule has 2 aromatic heterocycles. The van der Waals surface area contributed by atoms with Gasteiger partial charge in [-0.15, -0.1) is 11.3 Å². The van der Waals surface area contributed by atoms with Crippen molar-refractivity contribution in [3.05, 3.63) is 86.5 Å². The first-order chi connectivity index (χ1) is 13.6. The van der Waals surface area contributed by atoms with Gasteiger partial charge in [0.2, 0.25) is 0 Å². The normalized spacial score (nSPS) is 11.1. The van der Waals surface area contributed by atoms with Crippen LogP contribution < -0.4 is 10.3 Å². The number of benzene rings is 2. The van der Waals surface area contributed by atoms with Crippen molar-refractivity contribution in [2.24, 2.45) is 0 Å². The Morgan fingerprint density at radius 3 is 2.50 bits per heavy atom. The van der Waals surface area contributed by atoms with E-state index in [2.05, 4.69) is 0 Å². The van der Waals surface area contributed by atoms with Crippen molar-refractivity contribution >= 4 is 44.9 Å². The standard InChI is InChI=1S/C21H17ClN2O2S2/c1-26-17-8-4-14(5-9-17)12-24-20(25)19-18(10-11-27-19)23-21(24)28-13-15-2-6-16(22)7-3-15/h2-11H,12-13H2,1H3. The summed E-state index contributed by atoms with van der Waals surface area (Å²) in [5.74, 6) is 1.50. The topological polar surface area (TPSA) is 44.1 Å².